The highest BCUT2D eigenvalue weighted by Crippen LogP contribution is 2.22. The molecule has 84 valence electrons. The predicted octanol–water partition coefficient (Wildman–Crippen LogP) is 0.830. The Morgan fingerprint density at radius 3 is 3.06 bits per heavy atom. The molecule has 0 aromatic heterocycles. The van der Waals surface area contributed by atoms with E-state index in [1.807, 2.05) is 30.6 Å². The lowest BCUT2D eigenvalue weighted by atomic mass is 10.2. The lowest BCUT2D eigenvalue weighted by Gasteiger charge is -2.09. The fourth-order valence-corrected chi connectivity index (χ4v) is 1.65. The average molecular weight is 219 g/mol. The van der Waals surface area contributed by atoms with Crippen molar-refractivity contribution in [3.8, 4) is 0 Å². The summed E-state index contributed by atoms with van der Waals surface area (Å²) in [4.78, 5) is 16.4. The van der Waals surface area contributed by atoms with Crippen molar-refractivity contribution in [3.05, 3.63) is 24.3 Å². The molecule has 0 saturated heterocycles. The molecule has 1 aromatic carbocycles. The van der Waals surface area contributed by atoms with Gasteiger partial charge >= 0.3 is 5.97 Å². The van der Waals surface area contributed by atoms with Crippen LogP contribution in [0.3, 0.4) is 0 Å². The van der Waals surface area contributed by atoms with E-state index in [1.165, 1.54) is 0 Å². The number of fused-ring (bicyclic) bond motifs is 1. The van der Waals surface area contributed by atoms with Gasteiger partial charge in [0.05, 0.1) is 0 Å². The number of carbonyl (C=O) groups is 1. The quantitative estimate of drug-likeness (QED) is 0.762. The molecular formula is C12H15N2O2+. The Bertz CT molecular complexity index is 415. The maximum atomic E-state index is 11.0. The van der Waals surface area contributed by atoms with Crippen molar-refractivity contribution in [1.82, 2.24) is 0 Å². The number of aliphatic imine (C=N–C) groups is 1. The summed E-state index contributed by atoms with van der Waals surface area (Å²) in [5.41, 5.74) is 2.15. The number of quaternary nitrogens is 1. The van der Waals surface area contributed by atoms with Gasteiger partial charge in [0.15, 0.2) is 12.0 Å². The number of esters is 1. The third-order valence-corrected chi connectivity index (χ3v) is 2.53. The molecule has 0 aliphatic carbocycles. The first-order valence-electron chi connectivity index (χ1n) is 5.46. The van der Waals surface area contributed by atoms with Crippen molar-refractivity contribution in [2.45, 2.75) is 13.3 Å². The smallest absolute Gasteiger partial charge is 0.305 e. The highest BCUT2D eigenvalue weighted by Gasteiger charge is 2.20. The van der Waals surface area contributed by atoms with Gasteiger partial charge in [-0.2, -0.15) is 4.99 Å². The zero-order chi connectivity index (χ0) is 11.4. The van der Waals surface area contributed by atoms with E-state index in [0.29, 0.717) is 13.0 Å². The molecule has 1 unspecified atom stereocenters. The zero-order valence-corrected chi connectivity index (χ0v) is 9.27. The standard InChI is InChI=1S/C12H14N2O2/c1-2-12(15)16-8-7-14-9-13-10-5-3-4-6-11(10)14/h3-6,9H,2,7-8H2,1H3/p+1. The fraction of sp³-hybridized carbons (Fsp3) is 0.333. The number of rotatable bonds is 4. The van der Waals surface area contributed by atoms with Gasteiger partial charge in [-0.1, -0.05) is 19.1 Å². The lowest BCUT2D eigenvalue weighted by Crippen LogP contribution is -3.05. The molecule has 0 bridgehead atoms. The van der Waals surface area contributed by atoms with Gasteiger partial charge < -0.3 is 4.74 Å². The Balaban J connectivity index is 1.89. The monoisotopic (exact) mass is 219 g/mol. The van der Waals surface area contributed by atoms with Gasteiger partial charge in [0.2, 0.25) is 0 Å². The van der Waals surface area contributed by atoms with E-state index in [4.69, 9.17) is 4.74 Å². The zero-order valence-electron chi connectivity index (χ0n) is 9.27. The van der Waals surface area contributed by atoms with Crippen molar-refractivity contribution >= 4 is 23.7 Å². The van der Waals surface area contributed by atoms with Crippen LogP contribution in [0.15, 0.2) is 29.3 Å². The number of benzene rings is 1. The summed E-state index contributed by atoms with van der Waals surface area (Å²) < 4.78 is 5.05. The molecule has 1 heterocycles. The molecular weight excluding hydrogens is 204 g/mol. The van der Waals surface area contributed by atoms with Crippen molar-refractivity contribution in [1.29, 1.82) is 0 Å². The van der Waals surface area contributed by atoms with Crippen LogP contribution in [0.5, 0.6) is 0 Å². The molecule has 4 nitrogen and oxygen atoms in total. The van der Waals surface area contributed by atoms with E-state index < -0.39 is 0 Å². The summed E-state index contributed by atoms with van der Waals surface area (Å²) >= 11 is 0. The van der Waals surface area contributed by atoms with E-state index in [9.17, 15) is 4.79 Å². The maximum Gasteiger partial charge on any atom is 0.305 e. The Kier molecular flexibility index (Phi) is 3.31. The molecule has 1 aromatic rings. The maximum absolute atomic E-state index is 11.0. The number of nitrogens with one attached hydrogen (secondary N) is 1. The van der Waals surface area contributed by atoms with Crippen LogP contribution in [0.25, 0.3) is 0 Å². The molecule has 1 N–H and O–H groups in total. The van der Waals surface area contributed by atoms with Crippen LogP contribution < -0.4 is 4.90 Å². The average Bonchev–Trinajstić information content (AvgIpc) is 2.73. The van der Waals surface area contributed by atoms with Gasteiger partial charge in [-0.3, -0.25) is 9.69 Å². The van der Waals surface area contributed by atoms with Gasteiger partial charge in [-0.15, -0.1) is 0 Å². The summed E-state index contributed by atoms with van der Waals surface area (Å²) in [6.07, 6.45) is 2.28. The first kappa shape index (κ1) is 10.8. The van der Waals surface area contributed by atoms with Crippen LogP contribution in [-0.4, -0.2) is 25.5 Å². The van der Waals surface area contributed by atoms with Crippen LogP contribution >= 0.6 is 0 Å². The van der Waals surface area contributed by atoms with Gasteiger partial charge in [0, 0.05) is 12.5 Å². The van der Waals surface area contributed by atoms with E-state index in [1.54, 1.807) is 6.92 Å². The minimum Gasteiger partial charge on any atom is -0.460 e. The summed E-state index contributed by atoms with van der Waals surface area (Å²) in [6, 6.07) is 7.98. The molecule has 1 atom stereocenters. The van der Waals surface area contributed by atoms with Gasteiger partial charge in [-0.05, 0) is 6.07 Å². The second-order valence-electron chi connectivity index (χ2n) is 3.62. The number of para-hydroxylation sites is 2. The Hall–Kier alpha value is -1.68. The number of nitrogens with zero attached hydrogens (tertiary/aromatic N) is 1. The summed E-state index contributed by atoms with van der Waals surface area (Å²) in [7, 11) is 0. The normalized spacial score (nSPS) is 17.2. The molecule has 0 saturated carbocycles. The second-order valence-corrected chi connectivity index (χ2v) is 3.62. The first-order valence-corrected chi connectivity index (χ1v) is 5.46. The molecule has 0 spiro atoms. The summed E-state index contributed by atoms with van der Waals surface area (Å²) in [5, 5.41) is 0. The van der Waals surface area contributed by atoms with Gasteiger partial charge in [0.25, 0.3) is 0 Å². The largest absolute Gasteiger partial charge is 0.460 e. The minimum atomic E-state index is -0.149. The molecule has 1 aliphatic rings. The van der Waals surface area contributed by atoms with Crippen LogP contribution in [0, 0.1) is 0 Å². The second kappa shape index (κ2) is 4.90. The highest BCUT2D eigenvalue weighted by molar-refractivity contribution is 5.71. The number of carbonyl (C=O) groups excluding carboxylic acids is 1. The Morgan fingerprint density at radius 2 is 2.25 bits per heavy atom. The van der Waals surface area contributed by atoms with Crippen molar-refractivity contribution in [2.24, 2.45) is 4.99 Å². The van der Waals surface area contributed by atoms with Crippen molar-refractivity contribution in [3.63, 3.8) is 0 Å². The van der Waals surface area contributed by atoms with E-state index in [2.05, 4.69) is 4.99 Å². The Morgan fingerprint density at radius 1 is 1.44 bits per heavy atom. The summed E-state index contributed by atoms with van der Waals surface area (Å²) in [6.45, 7) is 2.95. The third-order valence-electron chi connectivity index (χ3n) is 2.53. The van der Waals surface area contributed by atoms with Crippen LogP contribution in [0.1, 0.15) is 13.3 Å². The molecule has 0 radical (unpaired) electrons. The topological polar surface area (TPSA) is 43.1 Å². The Labute approximate surface area is 94.5 Å². The first-order chi connectivity index (χ1) is 7.81. The molecule has 16 heavy (non-hydrogen) atoms. The van der Waals surface area contributed by atoms with Gasteiger partial charge in [-0.25, -0.2) is 0 Å². The molecule has 2 rings (SSSR count). The molecule has 0 amide bonds. The van der Waals surface area contributed by atoms with E-state index in [-0.39, 0.29) is 5.97 Å². The van der Waals surface area contributed by atoms with Crippen molar-refractivity contribution in [2.75, 3.05) is 13.2 Å². The van der Waals surface area contributed by atoms with E-state index >= 15 is 0 Å². The SMILES string of the molecule is CCC(=O)OCC[NH+]1C=Nc2ccccc21. The third kappa shape index (κ3) is 2.28. The van der Waals surface area contributed by atoms with Crippen LogP contribution in [0.4, 0.5) is 11.4 Å². The fourth-order valence-electron chi connectivity index (χ4n) is 1.65. The highest BCUT2D eigenvalue weighted by atomic mass is 16.5. The molecule has 0 fully saturated rings. The summed E-state index contributed by atoms with van der Waals surface area (Å²) in [5.74, 6) is -0.149. The minimum absolute atomic E-state index is 0.149. The van der Waals surface area contributed by atoms with Crippen LogP contribution in [-0.2, 0) is 9.53 Å². The number of ether oxygens (including phenoxy) is 1. The van der Waals surface area contributed by atoms with Gasteiger partial charge in [0.1, 0.15) is 18.8 Å². The lowest BCUT2D eigenvalue weighted by molar-refractivity contribution is -0.720. The molecule has 1 aliphatic heterocycles. The molecule has 4 heteroatoms. The number of hydrogen-bond donors (Lipinski definition) is 1. The van der Waals surface area contributed by atoms with Crippen LogP contribution in [0.2, 0.25) is 0 Å². The number of hydrogen-bond acceptors (Lipinski definition) is 3. The van der Waals surface area contributed by atoms with E-state index in [0.717, 1.165) is 22.8 Å². The van der Waals surface area contributed by atoms with Crippen molar-refractivity contribution < 1.29 is 14.4 Å². The predicted molar refractivity (Wildman–Crippen MR) is 61.3 cm³/mol.